The first-order chi connectivity index (χ1) is 19.7. The van der Waals surface area contributed by atoms with Crippen molar-refractivity contribution in [2.45, 2.75) is 82.8 Å². The van der Waals surface area contributed by atoms with Crippen LogP contribution in [0.15, 0.2) is 83.8 Å². The molecule has 1 aliphatic rings. The second kappa shape index (κ2) is 13.8. The topological polar surface area (TPSA) is 86.8 Å². The molecule has 1 atom stereocenters. The predicted octanol–water partition coefficient (Wildman–Crippen LogP) is 5.76. The maximum atomic E-state index is 14.2. The van der Waals surface area contributed by atoms with Crippen molar-refractivity contribution in [2.24, 2.45) is 0 Å². The number of anilines is 1. The van der Waals surface area contributed by atoms with Crippen molar-refractivity contribution in [3.8, 4) is 0 Å². The van der Waals surface area contributed by atoms with Gasteiger partial charge in [-0.25, -0.2) is 8.42 Å². The zero-order chi connectivity index (χ0) is 29.4. The van der Waals surface area contributed by atoms with E-state index in [2.05, 4.69) is 5.32 Å². The fraction of sp³-hybridized carbons (Fsp3) is 0.394. The third kappa shape index (κ3) is 7.76. The van der Waals surface area contributed by atoms with Gasteiger partial charge >= 0.3 is 0 Å². The average molecular weight is 576 g/mol. The number of hydrogen-bond donors (Lipinski definition) is 1. The number of nitrogens with zero attached hydrogens (tertiary/aromatic N) is 2. The van der Waals surface area contributed by atoms with Crippen LogP contribution in [0, 0.1) is 13.8 Å². The zero-order valence-corrected chi connectivity index (χ0v) is 25.1. The number of rotatable bonds is 11. The third-order valence-corrected chi connectivity index (χ3v) is 9.46. The standard InChI is InChI=1S/C33H41N3O4S/c1-4-31(33(38)34-28-16-7-5-8-17-28)35(23-27-15-11-13-25(2)21-27)32(37)24-36(29-18-12-14-26(3)22-29)41(39,40)30-19-9-6-10-20-30/h6,9-15,18-22,28,31H,4-5,7-8,16-17,23-24H2,1-3H3,(H,34,38)/t31-/m0/s1. The lowest BCUT2D eigenvalue weighted by molar-refractivity contribution is -0.140. The number of nitrogens with one attached hydrogen (secondary N) is 1. The summed E-state index contributed by atoms with van der Waals surface area (Å²) in [6.07, 6.45) is 5.61. The molecule has 8 heteroatoms. The average Bonchev–Trinajstić information content (AvgIpc) is 2.96. The molecule has 3 aromatic carbocycles. The Morgan fingerprint density at radius 3 is 2.17 bits per heavy atom. The molecule has 4 rings (SSSR count). The highest BCUT2D eigenvalue weighted by Gasteiger charge is 2.34. The first-order valence-electron chi connectivity index (χ1n) is 14.5. The summed E-state index contributed by atoms with van der Waals surface area (Å²) in [5.41, 5.74) is 3.20. The van der Waals surface area contributed by atoms with Crippen LogP contribution in [0.4, 0.5) is 5.69 Å². The summed E-state index contributed by atoms with van der Waals surface area (Å²) in [7, 11) is -4.07. The molecule has 41 heavy (non-hydrogen) atoms. The third-order valence-electron chi connectivity index (χ3n) is 7.67. The molecule has 7 nitrogen and oxygen atoms in total. The number of carbonyl (C=O) groups is 2. The van der Waals surface area contributed by atoms with E-state index in [1.54, 1.807) is 41.3 Å². The molecule has 2 amide bonds. The highest BCUT2D eigenvalue weighted by atomic mass is 32.2. The van der Waals surface area contributed by atoms with E-state index in [1.165, 1.54) is 18.6 Å². The van der Waals surface area contributed by atoms with E-state index in [4.69, 9.17) is 0 Å². The van der Waals surface area contributed by atoms with E-state index in [-0.39, 0.29) is 23.4 Å². The van der Waals surface area contributed by atoms with Gasteiger partial charge in [-0.1, -0.05) is 86.3 Å². The van der Waals surface area contributed by atoms with Gasteiger partial charge in [-0.15, -0.1) is 0 Å². The first kappa shape index (κ1) is 30.3. The van der Waals surface area contributed by atoms with Crippen LogP contribution in [0.3, 0.4) is 0 Å². The Kier molecular flexibility index (Phi) is 10.2. The number of sulfonamides is 1. The van der Waals surface area contributed by atoms with Crippen LogP contribution in [0.2, 0.25) is 0 Å². The molecule has 1 fully saturated rings. The van der Waals surface area contributed by atoms with Crippen molar-refractivity contribution < 1.29 is 18.0 Å². The zero-order valence-electron chi connectivity index (χ0n) is 24.3. The van der Waals surface area contributed by atoms with Crippen LogP contribution in [0.25, 0.3) is 0 Å². The molecule has 0 bridgehead atoms. The van der Waals surface area contributed by atoms with Crippen molar-refractivity contribution in [2.75, 3.05) is 10.8 Å². The Morgan fingerprint density at radius 2 is 1.54 bits per heavy atom. The molecule has 0 radical (unpaired) electrons. The lowest BCUT2D eigenvalue weighted by Crippen LogP contribution is -2.54. The maximum Gasteiger partial charge on any atom is 0.264 e. The summed E-state index contributed by atoms with van der Waals surface area (Å²) in [5, 5.41) is 3.19. The number of hydrogen-bond acceptors (Lipinski definition) is 4. The molecule has 3 aromatic rings. The van der Waals surface area contributed by atoms with Gasteiger partial charge in [0.25, 0.3) is 10.0 Å². The Bertz CT molecular complexity index is 1440. The minimum Gasteiger partial charge on any atom is -0.352 e. The van der Waals surface area contributed by atoms with Gasteiger partial charge in [-0.05, 0) is 68.5 Å². The second-order valence-corrected chi connectivity index (χ2v) is 12.8. The molecule has 0 aromatic heterocycles. The molecule has 0 heterocycles. The van der Waals surface area contributed by atoms with Gasteiger partial charge in [0.05, 0.1) is 10.6 Å². The highest BCUT2D eigenvalue weighted by Crippen LogP contribution is 2.26. The quantitative estimate of drug-likeness (QED) is 0.315. The van der Waals surface area contributed by atoms with Crippen LogP contribution in [0.1, 0.15) is 62.1 Å². The SMILES string of the molecule is CC[C@@H](C(=O)NC1CCCCC1)N(Cc1cccc(C)c1)C(=O)CN(c1cccc(C)c1)S(=O)(=O)c1ccccc1. The van der Waals surface area contributed by atoms with Gasteiger partial charge in [0.1, 0.15) is 12.6 Å². The van der Waals surface area contributed by atoms with Gasteiger partial charge in [0.2, 0.25) is 11.8 Å². The number of aryl methyl sites for hydroxylation is 2. The van der Waals surface area contributed by atoms with Crippen LogP contribution in [-0.2, 0) is 26.2 Å². The van der Waals surface area contributed by atoms with Gasteiger partial charge in [0, 0.05) is 12.6 Å². The summed E-state index contributed by atoms with van der Waals surface area (Å²) >= 11 is 0. The predicted molar refractivity (Wildman–Crippen MR) is 163 cm³/mol. The summed E-state index contributed by atoms with van der Waals surface area (Å²) in [5.74, 6) is -0.619. The second-order valence-electron chi connectivity index (χ2n) is 10.9. The van der Waals surface area contributed by atoms with Gasteiger partial charge < -0.3 is 10.2 Å². The minimum atomic E-state index is -4.07. The smallest absolute Gasteiger partial charge is 0.264 e. The van der Waals surface area contributed by atoms with Crippen LogP contribution in [-0.4, -0.2) is 43.8 Å². The summed E-state index contributed by atoms with van der Waals surface area (Å²) in [4.78, 5) is 29.5. The van der Waals surface area contributed by atoms with Crippen molar-refractivity contribution >= 4 is 27.5 Å². The largest absolute Gasteiger partial charge is 0.352 e. The van der Waals surface area contributed by atoms with E-state index >= 15 is 0 Å². The van der Waals surface area contributed by atoms with E-state index in [1.807, 2.05) is 51.1 Å². The number of amides is 2. The van der Waals surface area contributed by atoms with E-state index < -0.39 is 28.5 Å². The minimum absolute atomic E-state index is 0.0987. The van der Waals surface area contributed by atoms with Gasteiger partial charge in [0.15, 0.2) is 0 Å². The molecule has 0 saturated heterocycles. The summed E-state index contributed by atoms with van der Waals surface area (Å²) < 4.78 is 29.0. The molecule has 0 spiro atoms. The molecule has 1 aliphatic carbocycles. The Hall–Kier alpha value is -3.65. The molecule has 1 saturated carbocycles. The molecular formula is C33H41N3O4S. The molecule has 218 valence electrons. The Labute approximate surface area is 244 Å². The molecular weight excluding hydrogens is 534 g/mol. The molecule has 0 aliphatic heterocycles. The maximum absolute atomic E-state index is 14.2. The summed E-state index contributed by atoms with van der Waals surface area (Å²) in [6.45, 7) is 5.52. The Balaban J connectivity index is 1.70. The first-order valence-corrected chi connectivity index (χ1v) is 15.9. The van der Waals surface area contributed by atoms with E-state index in [0.717, 1.165) is 46.7 Å². The van der Waals surface area contributed by atoms with Gasteiger partial charge in [-0.3, -0.25) is 13.9 Å². The molecule has 0 unspecified atom stereocenters. The fourth-order valence-electron chi connectivity index (χ4n) is 5.50. The monoisotopic (exact) mass is 575 g/mol. The number of carbonyl (C=O) groups excluding carboxylic acids is 2. The Morgan fingerprint density at radius 1 is 0.878 bits per heavy atom. The number of benzene rings is 3. The fourth-order valence-corrected chi connectivity index (χ4v) is 6.93. The molecule has 1 N–H and O–H groups in total. The van der Waals surface area contributed by atoms with Crippen LogP contribution in [0.5, 0.6) is 0 Å². The van der Waals surface area contributed by atoms with Crippen molar-refractivity contribution in [3.05, 3.63) is 95.6 Å². The van der Waals surface area contributed by atoms with Crippen molar-refractivity contribution in [1.82, 2.24) is 10.2 Å². The van der Waals surface area contributed by atoms with E-state index in [9.17, 15) is 18.0 Å². The lowest BCUT2D eigenvalue weighted by Gasteiger charge is -2.34. The van der Waals surface area contributed by atoms with Crippen LogP contribution >= 0.6 is 0 Å². The lowest BCUT2D eigenvalue weighted by atomic mass is 9.95. The normalized spacial score (nSPS) is 14.7. The highest BCUT2D eigenvalue weighted by molar-refractivity contribution is 7.92. The summed E-state index contributed by atoms with van der Waals surface area (Å²) in [6, 6.07) is 22.4. The van der Waals surface area contributed by atoms with E-state index in [0.29, 0.717) is 12.1 Å². The van der Waals surface area contributed by atoms with Crippen molar-refractivity contribution in [3.63, 3.8) is 0 Å². The van der Waals surface area contributed by atoms with Gasteiger partial charge in [-0.2, -0.15) is 0 Å². The van der Waals surface area contributed by atoms with Crippen molar-refractivity contribution in [1.29, 1.82) is 0 Å². The van der Waals surface area contributed by atoms with Crippen LogP contribution < -0.4 is 9.62 Å².